The second-order valence-electron chi connectivity index (χ2n) is 5.64. The molecule has 0 bridgehead atoms. The summed E-state index contributed by atoms with van der Waals surface area (Å²) in [6.07, 6.45) is 8.91. The van der Waals surface area contributed by atoms with Crippen molar-refractivity contribution in [2.75, 3.05) is 18.5 Å². The van der Waals surface area contributed by atoms with Crippen molar-refractivity contribution in [3.05, 3.63) is 54.5 Å². The van der Waals surface area contributed by atoms with Crippen molar-refractivity contribution in [1.82, 2.24) is 9.97 Å². The molecule has 0 unspecified atom stereocenters. The molecule has 1 aromatic carbocycles. The molecule has 2 N–H and O–H groups in total. The molecule has 0 aliphatic heterocycles. The van der Waals surface area contributed by atoms with E-state index < -0.39 is 0 Å². The summed E-state index contributed by atoms with van der Waals surface area (Å²) in [4.78, 5) is 7.45. The molecule has 0 atom stereocenters. The van der Waals surface area contributed by atoms with Crippen LogP contribution in [0.3, 0.4) is 0 Å². The average molecular weight is 309 g/mol. The first-order valence-corrected chi connectivity index (χ1v) is 8.23. The molecule has 2 heterocycles. The Bertz CT molecular complexity index is 737. The lowest BCUT2D eigenvalue weighted by molar-refractivity contribution is 0.310. The van der Waals surface area contributed by atoms with E-state index in [1.807, 2.05) is 24.4 Å². The number of benzene rings is 1. The lowest BCUT2D eigenvalue weighted by Gasteiger charge is -2.07. The van der Waals surface area contributed by atoms with E-state index in [2.05, 4.69) is 40.5 Å². The molecule has 2 aromatic heterocycles. The number of anilines is 1. The van der Waals surface area contributed by atoms with Crippen LogP contribution < -0.4 is 10.1 Å². The van der Waals surface area contributed by atoms with Crippen LogP contribution >= 0.6 is 0 Å². The topological polar surface area (TPSA) is 49.9 Å². The van der Waals surface area contributed by atoms with Gasteiger partial charge in [-0.05, 0) is 48.7 Å². The van der Waals surface area contributed by atoms with Crippen LogP contribution in [0, 0.1) is 0 Å². The van der Waals surface area contributed by atoms with Gasteiger partial charge in [0.25, 0.3) is 0 Å². The Morgan fingerprint density at radius 1 is 1.26 bits per heavy atom. The Balaban J connectivity index is 1.64. The lowest BCUT2D eigenvalue weighted by Crippen LogP contribution is -2.04. The van der Waals surface area contributed by atoms with E-state index in [0.717, 1.165) is 49.4 Å². The van der Waals surface area contributed by atoms with E-state index in [9.17, 15) is 0 Å². The lowest BCUT2D eigenvalue weighted by atomic mass is 10.1. The van der Waals surface area contributed by atoms with Crippen LogP contribution in [-0.4, -0.2) is 23.1 Å². The fourth-order valence-electron chi connectivity index (χ4n) is 2.60. The van der Waals surface area contributed by atoms with Crippen LogP contribution in [0.4, 0.5) is 5.69 Å². The number of fused-ring (bicyclic) bond motifs is 1. The second kappa shape index (κ2) is 7.68. The van der Waals surface area contributed by atoms with Crippen LogP contribution in [-0.2, 0) is 6.42 Å². The molecule has 4 heteroatoms. The van der Waals surface area contributed by atoms with E-state index in [4.69, 9.17) is 4.74 Å². The summed E-state index contributed by atoms with van der Waals surface area (Å²) in [5.74, 6) is 0.951. The minimum absolute atomic E-state index is 0.782. The standard InChI is InChI=1S/C19H23N3O/c1-2-3-11-23-17-6-7-19-18(12-17)15(13-22-19)8-10-21-16-5-4-9-20-14-16/h4-7,9,12-14,21-22H,2-3,8,10-11H2,1H3. The first-order chi connectivity index (χ1) is 11.4. The molecule has 0 saturated heterocycles. The number of H-pyrrole nitrogens is 1. The molecule has 120 valence electrons. The van der Waals surface area contributed by atoms with Crippen molar-refractivity contribution in [1.29, 1.82) is 0 Å². The zero-order chi connectivity index (χ0) is 15.9. The van der Waals surface area contributed by atoms with Gasteiger partial charge in [-0.1, -0.05) is 13.3 Å². The largest absolute Gasteiger partial charge is 0.494 e. The predicted octanol–water partition coefficient (Wildman–Crippen LogP) is 4.40. The SMILES string of the molecule is CCCCOc1ccc2[nH]cc(CCNc3cccnc3)c2c1. The summed E-state index contributed by atoms with van der Waals surface area (Å²) < 4.78 is 5.81. The Morgan fingerprint density at radius 2 is 2.22 bits per heavy atom. The van der Waals surface area contributed by atoms with E-state index in [-0.39, 0.29) is 0 Å². The summed E-state index contributed by atoms with van der Waals surface area (Å²) in [5, 5.41) is 4.64. The van der Waals surface area contributed by atoms with Crippen molar-refractivity contribution >= 4 is 16.6 Å². The Hall–Kier alpha value is -2.49. The zero-order valence-electron chi connectivity index (χ0n) is 13.5. The van der Waals surface area contributed by atoms with Gasteiger partial charge in [0.2, 0.25) is 0 Å². The minimum atomic E-state index is 0.782. The average Bonchev–Trinajstić information content (AvgIpc) is 2.99. The molecule has 0 spiro atoms. The highest BCUT2D eigenvalue weighted by Gasteiger charge is 2.05. The summed E-state index contributed by atoms with van der Waals surface area (Å²) in [6, 6.07) is 10.2. The van der Waals surface area contributed by atoms with Gasteiger partial charge < -0.3 is 15.0 Å². The molecule has 0 radical (unpaired) electrons. The number of ether oxygens (including phenoxy) is 1. The number of nitrogens with one attached hydrogen (secondary N) is 2. The maximum atomic E-state index is 5.81. The van der Waals surface area contributed by atoms with Gasteiger partial charge in [0.1, 0.15) is 5.75 Å². The summed E-state index contributed by atoms with van der Waals surface area (Å²) in [7, 11) is 0. The molecular weight excluding hydrogens is 286 g/mol. The number of nitrogens with zero attached hydrogens (tertiary/aromatic N) is 1. The highest BCUT2D eigenvalue weighted by molar-refractivity contribution is 5.84. The molecule has 3 aromatic rings. The summed E-state index contributed by atoms with van der Waals surface area (Å²) in [6.45, 7) is 3.83. The number of hydrogen-bond acceptors (Lipinski definition) is 3. The van der Waals surface area contributed by atoms with E-state index in [1.165, 1.54) is 10.9 Å². The minimum Gasteiger partial charge on any atom is -0.494 e. The molecule has 0 aliphatic rings. The Morgan fingerprint density at radius 3 is 3.04 bits per heavy atom. The number of aromatic nitrogens is 2. The maximum absolute atomic E-state index is 5.81. The van der Waals surface area contributed by atoms with Gasteiger partial charge in [-0.25, -0.2) is 0 Å². The second-order valence-corrected chi connectivity index (χ2v) is 5.64. The van der Waals surface area contributed by atoms with Crippen molar-refractivity contribution in [3.63, 3.8) is 0 Å². The van der Waals surface area contributed by atoms with E-state index >= 15 is 0 Å². The smallest absolute Gasteiger partial charge is 0.120 e. The van der Waals surface area contributed by atoms with E-state index in [0.29, 0.717) is 0 Å². The molecule has 4 nitrogen and oxygen atoms in total. The van der Waals surface area contributed by atoms with Gasteiger partial charge in [0, 0.05) is 36.0 Å². The normalized spacial score (nSPS) is 10.8. The molecule has 0 aliphatic carbocycles. The van der Waals surface area contributed by atoms with E-state index in [1.54, 1.807) is 6.20 Å². The quantitative estimate of drug-likeness (QED) is 0.606. The highest BCUT2D eigenvalue weighted by atomic mass is 16.5. The van der Waals surface area contributed by atoms with Crippen molar-refractivity contribution < 1.29 is 4.74 Å². The highest BCUT2D eigenvalue weighted by Crippen LogP contribution is 2.24. The number of pyridine rings is 1. The monoisotopic (exact) mass is 309 g/mol. The van der Waals surface area contributed by atoms with Crippen LogP contribution in [0.2, 0.25) is 0 Å². The fourth-order valence-corrected chi connectivity index (χ4v) is 2.60. The summed E-state index contributed by atoms with van der Waals surface area (Å²) >= 11 is 0. The third kappa shape index (κ3) is 4.03. The number of aromatic amines is 1. The molecule has 0 saturated carbocycles. The number of unbranched alkanes of at least 4 members (excludes halogenated alkanes) is 1. The Labute approximate surface area is 136 Å². The third-order valence-electron chi connectivity index (χ3n) is 3.89. The van der Waals surface area contributed by atoms with Crippen LogP contribution in [0.5, 0.6) is 5.75 Å². The number of hydrogen-bond donors (Lipinski definition) is 2. The van der Waals surface area contributed by atoms with Gasteiger partial charge in [0.05, 0.1) is 12.3 Å². The zero-order valence-corrected chi connectivity index (χ0v) is 13.5. The van der Waals surface area contributed by atoms with Gasteiger partial charge >= 0.3 is 0 Å². The first-order valence-electron chi connectivity index (χ1n) is 8.23. The molecule has 23 heavy (non-hydrogen) atoms. The molecule has 0 amide bonds. The van der Waals surface area contributed by atoms with Crippen molar-refractivity contribution in [2.45, 2.75) is 26.2 Å². The van der Waals surface area contributed by atoms with Crippen LogP contribution in [0.15, 0.2) is 48.9 Å². The summed E-state index contributed by atoms with van der Waals surface area (Å²) in [5.41, 5.74) is 3.51. The first kappa shape index (κ1) is 15.4. The van der Waals surface area contributed by atoms with Crippen molar-refractivity contribution in [2.24, 2.45) is 0 Å². The van der Waals surface area contributed by atoms with Gasteiger partial charge in [-0.3, -0.25) is 4.98 Å². The van der Waals surface area contributed by atoms with Crippen LogP contribution in [0.1, 0.15) is 25.3 Å². The van der Waals surface area contributed by atoms with Gasteiger partial charge in [-0.15, -0.1) is 0 Å². The molecular formula is C19H23N3O. The molecule has 0 fully saturated rings. The number of rotatable bonds is 8. The Kier molecular flexibility index (Phi) is 5.14. The van der Waals surface area contributed by atoms with Gasteiger partial charge in [0.15, 0.2) is 0 Å². The fraction of sp³-hybridized carbons (Fsp3) is 0.316. The third-order valence-corrected chi connectivity index (χ3v) is 3.89. The van der Waals surface area contributed by atoms with Crippen LogP contribution in [0.25, 0.3) is 10.9 Å². The predicted molar refractivity (Wildman–Crippen MR) is 95.1 cm³/mol. The van der Waals surface area contributed by atoms with Gasteiger partial charge in [-0.2, -0.15) is 0 Å². The molecule has 3 rings (SSSR count). The maximum Gasteiger partial charge on any atom is 0.120 e. The van der Waals surface area contributed by atoms with Crippen molar-refractivity contribution in [3.8, 4) is 5.75 Å².